The molecule has 0 bridgehead atoms. The summed E-state index contributed by atoms with van der Waals surface area (Å²) in [4.78, 5) is 14.9. The zero-order chi connectivity index (χ0) is 10.8. The van der Waals surface area contributed by atoms with Crippen molar-refractivity contribution in [1.82, 2.24) is 4.98 Å². The molecule has 0 saturated heterocycles. The van der Waals surface area contributed by atoms with Crippen LogP contribution in [0, 0.1) is 6.92 Å². The maximum absolute atomic E-state index is 10.6. The third-order valence-corrected chi connectivity index (χ3v) is 1.99. The number of aryl methyl sites for hydroxylation is 1. The van der Waals surface area contributed by atoms with Crippen molar-refractivity contribution in [2.24, 2.45) is 0 Å². The Labute approximate surface area is 86.2 Å². The molecule has 2 heterocycles. The van der Waals surface area contributed by atoms with Crippen LogP contribution in [0.4, 0.5) is 0 Å². The Morgan fingerprint density at radius 2 is 2.27 bits per heavy atom. The van der Waals surface area contributed by atoms with Gasteiger partial charge in [0, 0.05) is 11.8 Å². The minimum absolute atomic E-state index is 0.133. The monoisotopic (exact) mass is 203 g/mol. The highest BCUT2D eigenvalue weighted by molar-refractivity contribution is 5.88. The van der Waals surface area contributed by atoms with E-state index in [1.54, 1.807) is 6.07 Å². The molecule has 0 aliphatic heterocycles. The molecule has 0 fully saturated rings. The highest BCUT2D eigenvalue weighted by Crippen LogP contribution is 2.20. The lowest BCUT2D eigenvalue weighted by Gasteiger charge is -1.96. The van der Waals surface area contributed by atoms with Crippen molar-refractivity contribution < 1.29 is 14.3 Å². The molecular formula is C11H9NO3. The number of pyridine rings is 1. The predicted octanol–water partition coefficient (Wildman–Crippen LogP) is 2.35. The molecule has 0 aliphatic carbocycles. The van der Waals surface area contributed by atoms with Crippen molar-refractivity contribution in [2.45, 2.75) is 6.92 Å². The van der Waals surface area contributed by atoms with E-state index >= 15 is 0 Å². The fourth-order valence-corrected chi connectivity index (χ4v) is 1.26. The van der Waals surface area contributed by atoms with Crippen LogP contribution in [-0.4, -0.2) is 16.1 Å². The van der Waals surface area contributed by atoms with Gasteiger partial charge in [0.05, 0.1) is 5.56 Å². The SMILES string of the molecule is Cc1cccc(-c2cc(C(=O)O)co2)n1. The first kappa shape index (κ1) is 9.45. The molecule has 0 atom stereocenters. The maximum Gasteiger partial charge on any atom is 0.338 e. The highest BCUT2D eigenvalue weighted by atomic mass is 16.4. The summed E-state index contributed by atoms with van der Waals surface area (Å²) in [6, 6.07) is 6.95. The van der Waals surface area contributed by atoms with Gasteiger partial charge in [-0.15, -0.1) is 0 Å². The summed E-state index contributed by atoms with van der Waals surface area (Å²) in [5.74, 6) is -0.534. The van der Waals surface area contributed by atoms with E-state index in [0.717, 1.165) is 5.69 Å². The van der Waals surface area contributed by atoms with E-state index < -0.39 is 5.97 Å². The Morgan fingerprint density at radius 3 is 2.87 bits per heavy atom. The first-order valence-electron chi connectivity index (χ1n) is 4.42. The molecule has 2 aromatic rings. The third kappa shape index (κ3) is 1.88. The van der Waals surface area contributed by atoms with Crippen molar-refractivity contribution in [3.63, 3.8) is 0 Å². The molecule has 0 amide bonds. The van der Waals surface area contributed by atoms with Gasteiger partial charge in [0.15, 0.2) is 5.76 Å². The molecule has 2 rings (SSSR count). The van der Waals surface area contributed by atoms with Crippen LogP contribution >= 0.6 is 0 Å². The number of nitrogens with zero attached hydrogens (tertiary/aromatic N) is 1. The van der Waals surface area contributed by atoms with Crippen molar-refractivity contribution in [2.75, 3.05) is 0 Å². The molecule has 1 N–H and O–H groups in total. The Hall–Kier alpha value is -2.10. The quantitative estimate of drug-likeness (QED) is 0.813. The van der Waals surface area contributed by atoms with Crippen molar-refractivity contribution >= 4 is 5.97 Å². The molecule has 15 heavy (non-hydrogen) atoms. The van der Waals surface area contributed by atoms with Gasteiger partial charge in [-0.1, -0.05) is 6.07 Å². The van der Waals surface area contributed by atoms with Crippen molar-refractivity contribution in [1.29, 1.82) is 0 Å². The molecule has 0 aliphatic rings. The van der Waals surface area contributed by atoms with Crippen LogP contribution in [0.5, 0.6) is 0 Å². The van der Waals surface area contributed by atoms with E-state index in [4.69, 9.17) is 9.52 Å². The van der Waals surface area contributed by atoms with E-state index in [-0.39, 0.29) is 5.56 Å². The normalized spacial score (nSPS) is 10.2. The predicted molar refractivity (Wildman–Crippen MR) is 53.6 cm³/mol. The standard InChI is InChI=1S/C11H9NO3/c1-7-3-2-4-9(12-7)10-5-8(6-15-10)11(13)14/h2-6H,1H3,(H,13,14). The second-order valence-corrected chi connectivity index (χ2v) is 3.17. The van der Waals surface area contributed by atoms with Crippen LogP contribution in [0.25, 0.3) is 11.5 Å². The number of hydrogen-bond donors (Lipinski definition) is 1. The summed E-state index contributed by atoms with van der Waals surface area (Å²) in [7, 11) is 0. The average Bonchev–Trinajstić information content (AvgIpc) is 2.66. The molecule has 0 aromatic carbocycles. The van der Waals surface area contributed by atoms with Crippen LogP contribution in [0.3, 0.4) is 0 Å². The largest absolute Gasteiger partial charge is 0.478 e. The third-order valence-electron chi connectivity index (χ3n) is 1.99. The fraction of sp³-hybridized carbons (Fsp3) is 0.0909. The number of hydrogen-bond acceptors (Lipinski definition) is 3. The van der Waals surface area contributed by atoms with Crippen LogP contribution in [-0.2, 0) is 0 Å². The van der Waals surface area contributed by atoms with Gasteiger partial charge in [-0.25, -0.2) is 9.78 Å². The summed E-state index contributed by atoms with van der Waals surface area (Å²) >= 11 is 0. The second kappa shape index (κ2) is 3.57. The van der Waals surface area contributed by atoms with E-state index in [1.807, 2.05) is 19.1 Å². The topological polar surface area (TPSA) is 63.3 Å². The van der Waals surface area contributed by atoms with Crippen LogP contribution < -0.4 is 0 Å². The molecule has 0 unspecified atom stereocenters. The molecule has 0 saturated carbocycles. The van der Waals surface area contributed by atoms with E-state index in [1.165, 1.54) is 12.3 Å². The summed E-state index contributed by atoms with van der Waals surface area (Å²) in [5, 5.41) is 8.72. The molecule has 0 radical (unpaired) electrons. The molecule has 4 heteroatoms. The van der Waals surface area contributed by atoms with Crippen LogP contribution in [0.15, 0.2) is 34.9 Å². The number of aromatic nitrogens is 1. The van der Waals surface area contributed by atoms with Gasteiger partial charge < -0.3 is 9.52 Å². The minimum atomic E-state index is -1.00. The van der Waals surface area contributed by atoms with Crippen LogP contribution in [0.1, 0.15) is 16.1 Å². The lowest BCUT2D eigenvalue weighted by molar-refractivity contribution is 0.0696. The smallest absolute Gasteiger partial charge is 0.338 e. The molecule has 2 aromatic heterocycles. The summed E-state index contributed by atoms with van der Waals surface area (Å²) < 4.78 is 5.12. The average molecular weight is 203 g/mol. The van der Waals surface area contributed by atoms with E-state index in [2.05, 4.69) is 4.98 Å². The van der Waals surface area contributed by atoms with Crippen molar-refractivity contribution in [3.05, 3.63) is 41.8 Å². The number of aromatic carboxylic acids is 1. The molecule has 76 valence electrons. The Morgan fingerprint density at radius 1 is 1.47 bits per heavy atom. The number of carboxylic acids is 1. The lowest BCUT2D eigenvalue weighted by atomic mass is 10.2. The van der Waals surface area contributed by atoms with Gasteiger partial charge in [0.25, 0.3) is 0 Å². The Balaban J connectivity index is 2.41. The summed E-state index contributed by atoms with van der Waals surface area (Å²) in [6.07, 6.45) is 1.21. The molecular weight excluding hydrogens is 194 g/mol. The van der Waals surface area contributed by atoms with Gasteiger partial charge in [-0.05, 0) is 19.1 Å². The van der Waals surface area contributed by atoms with Crippen molar-refractivity contribution in [3.8, 4) is 11.5 Å². The zero-order valence-electron chi connectivity index (χ0n) is 8.10. The van der Waals surface area contributed by atoms with E-state index in [9.17, 15) is 4.79 Å². The Bertz CT molecular complexity index is 502. The van der Waals surface area contributed by atoms with E-state index in [0.29, 0.717) is 11.5 Å². The number of rotatable bonds is 2. The second-order valence-electron chi connectivity index (χ2n) is 3.17. The molecule has 4 nitrogen and oxygen atoms in total. The molecule has 0 spiro atoms. The lowest BCUT2D eigenvalue weighted by Crippen LogP contribution is -1.91. The maximum atomic E-state index is 10.6. The van der Waals surface area contributed by atoms with Gasteiger partial charge in [0.2, 0.25) is 0 Å². The number of carboxylic acid groups (broad SMARTS) is 1. The summed E-state index contributed by atoms with van der Waals surface area (Å²) in [5.41, 5.74) is 1.64. The minimum Gasteiger partial charge on any atom is -0.478 e. The van der Waals surface area contributed by atoms with Crippen LogP contribution in [0.2, 0.25) is 0 Å². The highest BCUT2D eigenvalue weighted by Gasteiger charge is 2.10. The summed E-state index contributed by atoms with van der Waals surface area (Å²) in [6.45, 7) is 1.87. The fourth-order valence-electron chi connectivity index (χ4n) is 1.26. The number of carbonyl (C=O) groups is 1. The zero-order valence-corrected chi connectivity index (χ0v) is 8.10. The van der Waals surface area contributed by atoms with Gasteiger partial charge in [-0.2, -0.15) is 0 Å². The first-order valence-corrected chi connectivity index (χ1v) is 4.42. The van der Waals surface area contributed by atoms with Gasteiger partial charge in [0.1, 0.15) is 12.0 Å². The van der Waals surface area contributed by atoms with Gasteiger partial charge >= 0.3 is 5.97 Å². The number of furan rings is 1. The first-order chi connectivity index (χ1) is 7.16. The van der Waals surface area contributed by atoms with Gasteiger partial charge in [-0.3, -0.25) is 0 Å². The Kier molecular flexibility index (Phi) is 2.25.